The molecule has 0 saturated heterocycles. The van der Waals surface area contributed by atoms with E-state index >= 15 is 0 Å². The molecule has 0 amide bonds. The Hall–Kier alpha value is -0.740. The molecule has 0 saturated carbocycles. The predicted molar refractivity (Wildman–Crippen MR) is 62.9 cm³/mol. The third kappa shape index (κ3) is 1.86. The van der Waals surface area contributed by atoms with E-state index in [0.717, 1.165) is 20.2 Å². The molecule has 2 nitrogen and oxygen atoms in total. The van der Waals surface area contributed by atoms with Gasteiger partial charge in [-0.15, -0.1) is 0 Å². The molecular formula is C10H6Br2N2. The second-order valence-corrected chi connectivity index (χ2v) is 4.31. The number of aromatic nitrogens is 2. The highest BCUT2D eigenvalue weighted by Gasteiger charge is 2.06. The van der Waals surface area contributed by atoms with Gasteiger partial charge in [0.25, 0.3) is 0 Å². The van der Waals surface area contributed by atoms with Crippen molar-refractivity contribution in [3.63, 3.8) is 0 Å². The number of rotatable bonds is 1. The van der Waals surface area contributed by atoms with Gasteiger partial charge in [0, 0.05) is 21.8 Å². The monoisotopic (exact) mass is 312 g/mol. The molecular weight excluding hydrogens is 308 g/mol. The van der Waals surface area contributed by atoms with Crippen LogP contribution in [0.5, 0.6) is 0 Å². The van der Waals surface area contributed by atoms with E-state index in [2.05, 4.69) is 41.8 Å². The summed E-state index contributed by atoms with van der Waals surface area (Å²) in [7, 11) is 0. The van der Waals surface area contributed by atoms with E-state index in [0.29, 0.717) is 0 Å². The lowest BCUT2D eigenvalue weighted by molar-refractivity contribution is 1.14. The van der Waals surface area contributed by atoms with Crippen molar-refractivity contribution < 1.29 is 0 Å². The average molecular weight is 314 g/mol. The zero-order valence-electron chi connectivity index (χ0n) is 7.11. The first-order chi connectivity index (χ1) is 6.79. The molecule has 2 rings (SSSR count). The van der Waals surface area contributed by atoms with Crippen LogP contribution < -0.4 is 0 Å². The van der Waals surface area contributed by atoms with E-state index in [1.807, 2.05) is 24.3 Å². The minimum Gasteiger partial charge on any atom is -0.244 e. The molecule has 4 heteroatoms. The normalized spacial score (nSPS) is 10.1. The Morgan fingerprint density at radius 3 is 2.50 bits per heavy atom. The highest BCUT2D eigenvalue weighted by Crippen LogP contribution is 2.31. The largest absolute Gasteiger partial charge is 0.244 e. The molecule has 0 aliphatic rings. The van der Waals surface area contributed by atoms with Gasteiger partial charge in [-0.3, -0.25) is 0 Å². The summed E-state index contributed by atoms with van der Waals surface area (Å²) >= 11 is 6.89. The van der Waals surface area contributed by atoms with E-state index in [-0.39, 0.29) is 0 Å². The van der Waals surface area contributed by atoms with Crippen LogP contribution in [0.1, 0.15) is 0 Å². The van der Waals surface area contributed by atoms with Crippen molar-refractivity contribution in [2.45, 2.75) is 0 Å². The maximum Gasteiger partial charge on any atom is 0.117 e. The van der Waals surface area contributed by atoms with Gasteiger partial charge in [0.05, 0.1) is 0 Å². The Labute approximate surface area is 98.7 Å². The first-order valence-corrected chi connectivity index (χ1v) is 5.58. The van der Waals surface area contributed by atoms with Gasteiger partial charge in [-0.05, 0) is 22.0 Å². The second-order valence-electron chi connectivity index (χ2n) is 2.71. The number of nitrogens with zero attached hydrogens (tertiary/aromatic N) is 2. The Morgan fingerprint density at radius 2 is 1.79 bits per heavy atom. The third-order valence-electron chi connectivity index (χ3n) is 1.83. The van der Waals surface area contributed by atoms with Gasteiger partial charge in [0.1, 0.15) is 10.9 Å². The summed E-state index contributed by atoms with van der Waals surface area (Å²) in [6.07, 6.45) is 3.31. The fourth-order valence-corrected chi connectivity index (χ4v) is 2.08. The van der Waals surface area contributed by atoms with Gasteiger partial charge in [-0.2, -0.15) is 0 Å². The number of hydrogen-bond acceptors (Lipinski definition) is 2. The molecule has 70 valence electrons. The number of benzene rings is 1. The number of hydrogen-bond donors (Lipinski definition) is 0. The standard InChI is InChI=1S/C10H6Br2N2/c11-9-4-2-1-3-7(9)8-5-13-6-14-10(8)12/h1-6H. The molecule has 0 fully saturated rings. The molecule has 0 spiro atoms. The Kier molecular flexibility index (Phi) is 2.93. The van der Waals surface area contributed by atoms with Crippen LogP contribution in [-0.4, -0.2) is 9.97 Å². The molecule has 1 aromatic carbocycles. The highest BCUT2D eigenvalue weighted by molar-refractivity contribution is 9.11. The zero-order chi connectivity index (χ0) is 9.97. The Morgan fingerprint density at radius 1 is 1.00 bits per heavy atom. The minimum atomic E-state index is 0.805. The van der Waals surface area contributed by atoms with Crippen molar-refractivity contribution in [3.05, 3.63) is 45.9 Å². The molecule has 1 aromatic heterocycles. The molecule has 0 unspecified atom stereocenters. The number of halogens is 2. The Bertz CT molecular complexity index is 414. The lowest BCUT2D eigenvalue weighted by Gasteiger charge is -2.04. The van der Waals surface area contributed by atoms with E-state index in [9.17, 15) is 0 Å². The maximum atomic E-state index is 4.08. The van der Waals surface area contributed by atoms with Gasteiger partial charge < -0.3 is 0 Å². The van der Waals surface area contributed by atoms with Crippen LogP contribution in [0.25, 0.3) is 11.1 Å². The van der Waals surface area contributed by atoms with E-state index in [1.54, 1.807) is 6.20 Å². The zero-order valence-corrected chi connectivity index (χ0v) is 10.3. The predicted octanol–water partition coefficient (Wildman–Crippen LogP) is 3.67. The molecule has 1 heterocycles. The van der Waals surface area contributed by atoms with Gasteiger partial charge in [-0.25, -0.2) is 9.97 Å². The van der Waals surface area contributed by atoms with Crippen LogP contribution in [0.4, 0.5) is 0 Å². The van der Waals surface area contributed by atoms with Crippen molar-refractivity contribution in [3.8, 4) is 11.1 Å². The third-order valence-corrected chi connectivity index (χ3v) is 3.15. The van der Waals surface area contributed by atoms with Crippen molar-refractivity contribution in [2.24, 2.45) is 0 Å². The van der Waals surface area contributed by atoms with Gasteiger partial charge in [-0.1, -0.05) is 34.1 Å². The molecule has 0 atom stereocenters. The summed E-state index contributed by atoms with van der Waals surface area (Å²) in [5.41, 5.74) is 2.07. The lowest BCUT2D eigenvalue weighted by atomic mass is 10.1. The van der Waals surface area contributed by atoms with Crippen molar-refractivity contribution in [1.29, 1.82) is 0 Å². The molecule has 0 aliphatic heterocycles. The van der Waals surface area contributed by atoms with Crippen molar-refractivity contribution in [1.82, 2.24) is 9.97 Å². The second kappa shape index (κ2) is 4.19. The smallest absolute Gasteiger partial charge is 0.117 e. The lowest BCUT2D eigenvalue weighted by Crippen LogP contribution is -1.86. The highest BCUT2D eigenvalue weighted by atomic mass is 79.9. The van der Waals surface area contributed by atoms with Gasteiger partial charge in [0.15, 0.2) is 0 Å². The molecule has 14 heavy (non-hydrogen) atoms. The summed E-state index contributed by atoms with van der Waals surface area (Å²) < 4.78 is 1.84. The average Bonchev–Trinajstić information content (AvgIpc) is 2.20. The minimum absolute atomic E-state index is 0.805. The van der Waals surface area contributed by atoms with Crippen LogP contribution in [-0.2, 0) is 0 Å². The summed E-state index contributed by atoms with van der Waals surface area (Å²) in [5.74, 6) is 0. The molecule has 0 N–H and O–H groups in total. The van der Waals surface area contributed by atoms with Crippen molar-refractivity contribution in [2.75, 3.05) is 0 Å². The summed E-state index contributed by atoms with van der Waals surface area (Å²) in [6.45, 7) is 0. The summed E-state index contributed by atoms with van der Waals surface area (Å²) in [4.78, 5) is 8.08. The van der Waals surface area contributed by atoms with Gasteiger partial charge in [0.2, 0.25) is 0 Å². The molecule has 0 aliphatic carbocycles. The van der Waals surface area contributed by atoms with E-state index in [1.165, 1.54) is 6.33 Å². The fraction of sp³-hybridized carbons (Fsp3) is 0. The summed E-state index contributed by atoms with van der Waals surface area (Å²) in [5, 5.41) is 0. The quantitative estimate of drug-likeness (QED) is 0.751. The maximum absolute atomic E-state index is 4.08. The molecule has 0 radical (unpaired) electrons. The van der Waals surface area contributed by atoms with E-state index in [4.69, 9.17) is 0 Å². The first-order valence-electron chi connectivity index (χ1n) is 3.99. The summed E-state index contributed by atoms with van der Waals surface area (Å²) in [6, 6.07) is 7.98. The fourth-order valence-electron chi connectivity index (χ4n) is 1.18. The molecule has 0 bridgehead atoms. The topological polar surface area (TPSA) is 25.8 Å². The van der Waals surface area contributed by atoms with Crippen molar-refractivity contribution >= 4 is 31.9 Å². The van der Waals surface area contributed by atoms with Crippen LogP contribution >= 0.6 is 31.9 Å². The van der Waals surface area contributed by atoms with Crippen LogP contribution in [0.3, 0.4) is 0 Å². The van der Waals surface area contributed by atoms with E-state index < -0.39 is 0 Å². The first kappa shape index (κ1) is 9.80. The Balaban J connectivity index is 2.61. The molecule has 2 aromatic rings. The SMILES string of the molecule is Brc1ccccc1-c1cncnc1Br. The van der Waals surface area contributed by atoms with Crippen LogP contribution in [0.15, 0.2) is 45.9 Å². The van der Waals surface area contributed by atoms with Gasteiger partial charge >= 0.3 is 0 Å². The van der Waals surface area contributed by atoms with Crippen LogP contribution in [0, 0.1) is 0 Å². The van der Waals surface area contributed by atoms with Crippen LogP contribution in [0.2, 0.25) is 0 Å².